The van der Waals surface area contributed by atoms with Gasteiger partial charge in [-0.15, -0.1) is 0 Å². The second kappa shape index (κ2) is 5.98. The van der Waals surface area contributed by atoms with Crippen molar-refractivity contribution < 1.29 is 17.9 Å². The summed E-state index contributed by atoms with van der Waals surface area (Å²) in [6.07, 6.45) is 5.08. The number of hydrogen-bond donors (Lipinski definition) is 1. The van der Waals surface area contributed by atoms with E-state index in [2.05, 4.69) is 4.72 Å². The Morgan fingerprint density at radius 2 is 1.95 bits per heavy atom. The van der Waals surface area contributed by atoms with E-state index in [1.54, 1.807) is 0 Å². The highest BCUT2D eigenvalue weighted by Gasteiger charge is 2.54. The van der Waals surface area contributed by atoms with Crippen molar-refractivity contribution in [3.05, 3.63) is 0 Å². The standard InChI is InChI=1S/C14H25N3O4S/c1-22(19,20)15-6-4-12-5-9-21-14(12)10-17(11-14)13(18)16-7-2-3-8-16/h12,15H,2-11H2,1H3. The second-order valence-corrected chi connectivity index (χ2v) is 8.52. The number of hydrogen-bond acceptors (Lipinski definition) is 4. The van der Waals surface area contributed by atoms with Crippen LogP contribution in [0.1, 0.15) is 25.7 Å². The Morgan fingerprint density at radius 1 is 1.27 bits per heavy atom. The van der Waals surface area contributed by atoms with Crippen LogP contribution in [0.5, 0.6) is 0 Å². The van der Waals surface area contributed by atoms with Crippen LogP contribution in [0.3, 0.4) is 0 Å². The monoisotopic (exact) mass is 331 g/mol. The lowest BCUT2D eigenvalue weighted by molar-refractivity contribution is -0.118. The highest BCUT2D eigenvalue weighted by Crippen LogP contribution is 2.42. The minimum atomic E-state index is -3.14. The van der Waals surface area contributed by atoms with E-state index in [0.29, 0.717) is 32.2 Å². The van der Waals surface area contributed by atoms with Crippen LogP contribution in [-0.4, -0.2) is 75.4 Å². The molecule has 3 saturated heterocycles. The zero-order chi connectivity index (χ0) is 15.8. The normalized spacial score (nSPS) is 27.4. The average Bonchev–Trinajstić information content (AvgIpc) is 3.03. The van der Waals surface area contributed by atoms with Crippen molar-refractivity contribution in [3.8, 4) is 0 Å². The van der Waals surface area contributed by atoms with E-state index in [1.165, 1.54) is 6.26 Å². The van der Waals surface area contributed by atoms with E-state index in [9.17, 15) is 13.2 Å². The number of urea groups is 1. The number of nitrogens with one attached hydrogen (secondary N) is 1. The molecule has 1 spiro atoms. The van der Waals surface area contributed by atoms with Crippen LogP contribution < -0.4 is 4.72 Å². The molecule has 3 aliphatic rings. The van der Waals surface area contributed by atoms with E-state index in [0.717, 1.165) is 38.8 Å². The van der Waals surface area contributed by atoms with Crippen molar-refractivity contribution in [2.75, 3.05) is 45.6 Å². The fraction of sp³-hybridized carbons (Fsp3) is 0.929. The highest BCUT2D eigenvalue weighted by atomic mass is 32.2. The molecule has 0 aromatic rings. The number of carbonyl (C=O) groups excluding carboxylic acids is 1. The molecule has 3 aliphatic heterocycles. The molecule has 1 N–H and O–H groups in total. The second-order valence-electron chi connectivity index (χ2n) is 6.69. The van der Waals surface area contributed by atoms with Gasteiger partial charge in [-0.1, -0.05) is 0 Å². The Balaban J connectivity index is 1.50. The lowest BCUT2D eigenvalue weighted by Crippen LogP contribution is -2.67. The van der Waals surface area contributed by atoms with Crippen molar-refractivity contribution in [2.24, 2.45) is 5.92 Å². The lowest BCUT2D eigenvalue weighted by Gasteiger charge is -2.51. The molecule has 3 rings (SSSR count). The third-order valence-corrected chi connectivity index (χ3v) is 5.75. The number of ether oxygens (including phenoxy) is 1. The molecule has 0 aromatic heterocycles. The first kappa shape index (κ1) is 16.0. The minimum Gasteiger partial charge on any atom is -0.371 e. The molecule has 22 heavy (non-hydrogen) atoms. The molecule has 1 unspecified atom stereocenters. The number of nitrogens with zero attached hydrogens (tertiary/aromatic N) is 2. The summed E-state index contributed by atoms with van der Waals surface area (Å²) >= 11 is 0. The Morgan fingerprint density at radius 3 is 2.59 bits per heavy atom. The first-order chi connectivity index (χ1) is 10.4. The van der Waals surface area contributed by atoms with Crippen molar-refractivity contribution in [1.29, 1.82) is 0 Å². The summed E-state index contributed by atoms with van der Waals surface area (Å²) in [7, 11) is -3.14. The molecule has 3 fully saturated rings. The van der Waals surface area contributed by atoms with Crippen LogP contribution in [0, 0.1) is 5.92 Å². The molecule has 1 atom stereocenters. The van der Waals surface area contributed by atoms with E-state index >= 15 is 0 Å². The van der Waals surface area contributed by atoms with Crippen LogP contribution in [-0.2, 0) is 14.8 Å². The van der Waals surface area contributed by atoms with E-state index < -0.39 is 10.0 Å². The van der Waals surface area contributed by atoms with Crippen LogP contribution >= 0.6 is 0 Å². The van der Waals surface area contributed by atoms with Crippen LogP contribution in [0.15, 0.2) is 0 Å². The van der Waals surface area contributed by atoms with E-state index in [1.807, 2.05) is 9.80 Å². The van der Waals surface area contributed by atoms with E-state index in [-0.39, 0.29) is 11.6 Å². The SMILES string of the molecule is CS(=O)(=O)NCCC1CCOC12CN(C(=O)N1CCCC1)C2. The summed E-state index contributed by atoms with van der Waals surface area (Å²) in [6.45, 7) is 4.16. The number of rotatable bonds is 4. The van der Waals surface area contributed by atoms with Gasteiger partial charge in [-0.25, -0.2) is 17.9 Å². The Labute approximate surface area is 132 Å². The zero-order valence-corrected chi connectivity index (χ0v) is 13.9. The summed E-state index contributed by atoms with van der Waals surface area (Å²) in [5, 5.41) is 0. The van der Waals surface area contributed by atoms with Gasteiger partial charge >= 0.3 is 6.03 Å². The maximum Gasteiger partial charge on any atom is 0.320 e. The lowest BCUT2D eigenvalue weighted by atomic mass is 9.79. The molecule has 0 saturated carbocycles. The largest absolute Gasteiger partial charge is 0.371 e. The van der Waals surface area contributed by atoms with Gasteiger partial charge in [-0.05, 0) is 31.6 Å². The number of sulfonamides is 1. The average molecular weight is 331 g/mol. The first-order valence-electron chi connectivity index (χ1n) is 8.02. The highest BCUT2D eigenvalue weighted by molar-refractivity contribution is 7.88. The molecular formula is C14H25N3O4S. The molecule has 0 aromatic carbocycles. The summed E-state index contributed by atoms with van der Waals surface area (Å²) in [5.41, 5.74) is -0.242. The maximum atomic E-state index is 12.3. The molecule has 7 nitrogen and oxygen atoms in total. The quantitative estimate of drug-likeness (QED) is 0.800. The van der Waals surface area contributed by atoms with Gasteiger partial charge in [0.25, 0.3) is 0 Å². The first-order valence-corrected chi connectivity index (χ1v) is 9.91. The van der Waals surface area contributed by atoms with Crippen LogP contribution in [0.2, 0.25) is 0 Å². The molecule has 0 radical (unpaired) electrons. The molecule has 0 bridgehead atoms. The smallest absolute Gasteiger partial charge is 0.320 e. The predicted molar refractivity (Wildman–Crippen MR) is 82.0 cm³/mol. The van der Waals surface area contributed by atoms with Gasteiger partial charge in [0.15, 0.2) is 0 Å². The van der Waals surface area contributed by atoms with Gasteiger partial charge in [-0.2, -0.15) is 0 Å². The van der Waals surface area contributed by atoms with Crippen molar-refractivity contribution in [3.63, 3.8) is 0 Å². The topological polar surface area (TPSA) is 79.0 Å². The fourth-order valence-electron chi connectivity index (χ4n) is 3.80. The molecule has 126 valence electrons. The summed E-state index contributed by atoms with van der Waals surface area (Å²) in [5.74, 6) is 0.323. The maximum absolute atomic E-state index is 12.3. The molecule has 0 aliphatic carbocycles. The van der Waals surface area contributed by atoms with Gasteiger partial charge in [0, 0.05) is 26.2 Å². The third-order valence-electron chi connectivity index (χ3n) is 5.02. The summed E-state index contributed by atoms with van der Waals surface area (Å²) in [6, 6.07) is 0.131. The Kier molecular flexibility index (Phi) is 4.35. The fourth-order valence-corrected chi connectivity index (χ4v) is 4.29. The number of likely N-dealkylation sites (tertiary alicyclic amines) is 2. The number of carbonyl (C=O) groups is 1. The molecule has 3 heterocycles. The zero-order valence-electron chi connectivity index (χ0n) is 13.1. The minimum absolute atomic E-state index is 0.131. The van der Waals surface area contributed by atoms with Crippen molar-refractivity contribution in [2.45, 2.75) is 31.3 Å². The molecule has 8 heteroatoms. The number of amides is 2. The molecular weight excluding hydrogens is 306 g/mol. The predicted octanol–water partition coefficient (Wildman–Crippen LogP) is 0.232. The van der Waals surface area contributed by atoms with Gasteiger partial charge < -0.3 is 14.5 Å². The van der Waals surface area contributed by atoms with Crippen LogP contribution in [0.4, 0.5) is 4.79 Å². The van der Waals surface area contributed by atoms with Gasteiger partial charge in [0.2, 0.25) is 10.0 Å². The Hall–Kier alpha value is -0.860. The van der Waals surface area contributed by atoms with E-state index in [4.69, 9.17) is 4.74 Å². The summed E-state index contributed by atoms with van der Waals surface area (Å²) < 4.78 is 30.7. The Bertz CT molecular complexity index is 524. The molecule has 2 amide bonds. The van der Waals surface area contributed by atoms with Gasteiger partial charge in [0.05, 0.1) is 19.3 Å². The van der Waals surface area contributed by atoms with Crippen molar-refractivity contribution in [1.82, 2.24) is 14.5 Å². The van der Waals surface area contributed by atoms with Crippen LogP contribution in [0.25, 0.3) is 0 Å². The van der Waals surface area contributed by atoms with Crippen molar-refractivity contribution >= 4 is 16.1 Å². The van der Waals surface area contributed by atoms with Gasteiger partial charge in [0.1, 0.15) is 5.60 Å². The van der Waals surface area contributed by atoms with Gasteiger partial charge in [-0.3, -0.25) is 0 Å². The summed E-state index contributed by atoms with van der Waals surface area (Å²) in [4.78, 5) is 16.1. The third kappa shape index (κ3) is 3.23.